The van der Waals surface area contributed by atoms with Gasteiger partial charge in [-0.1, -0.05) is 170 Å². The summed E-state index contributed by atoms with van der Waals surface area (Å²) in [7, 11) is -3.05. The Morgan fingerprint density at radius 2 is 0.536 bits per heavy atom. The summed E-state index contributed by atoms with van der Waals surface area (Å²) in [5.41, 5.74) is 7.24. The first-order valence-corrected chi connectivity index (χ1v) is 28.0. The Hall–Kier alpha value is -7.07. The highest BCUT2D eigenvalue weighted by atomic mass is 32.3. The fourth-order valence-electron chi connectivity index (χ4n) is 9.94. The molecule has 0 spiro atoms. The molecule has 0 aliphatic heterocycles. The summed E-state index contributed by atoms with van der Waals surface area (Å²) < 4.78 is 4.91. The van der Waals surface area contributed by atoms with Crippen LogP contribution in [0, 0.1) is 0 Å². The lowest BCUT2D eigenvalue weighted by Crippen LogP contribution is -2.20. The third-order valence-electron chi connectivity index (χ3n) is 13.2. The molecular formula is C62H52N2O2P2S. The zero-order valence-electron chi connectivity index (χ0n) is 38.4. The van der Waals surface area contributed by atoms with E-state index in [4.69, 9.17) is 0 Å². The molecule has 10 aromatic carbocycles. The summed E-state index contributed by atoms with van der Waals surface area (Å²) in [6.07, 6.45) is 4.96. The third-order valence-corrected chi connectivity index (χ3v) is 20.9. The smallest absolute Gasteiger partial charge is 0.0541 e. The highest BCUT2D eigenvalue weighted by Crippen LogP contribution is 2.58. The topological polar surface area (TPSA) is 72.9 Å². The van der Waals surface area contributed by atoms with Crippen LogP contribution in [0.2, 0.25) is 0 Å². The van der Waals surface area contributed by atoms with Crippen molar-refractivity contribution in [3.05, 3.63) is 255 Å². The zero-order valence-corrected chi connectivity index (χ0v) is 41.1. The van der Waals surface area contributed by atoms with Gasteiger partial charge in [0.2, 0.25) is 0 Å². The van der Waals surface area contributed by atoms with Gasteiger partial charge in [0.1, 0.15) is 0 Å². The average Bonchev–Trinajstić information content (AvgIpc) is 3.90. The molecule has 0 aliphatic carbocycles. The highest BCUT2D eigenvalue weighted by Gasteiger charge is 2.25. The Morgan fingerprint density at radius 3 is 0.841 bits per heavy atom. The van der Waals surface area contributed by atoms with Crippen molar-refractivity contribution in [1.29, 1.82) is 0 Å². The molecule has 0 saturated heterocycles. The Bertz CT molecular complexity index is 3390. The van der Waals surface area contributed by atoms with Gasteiger partial charge in [-0.25, -0.2) is 0 Å². The molecule has 69 heavy (non-hydrogen) atoms. The lowest BCUT2D eigenvalue weighted by molar-refractivity contribution is 0.823. The van der Waals surface area contributed by atoms with Crippen molar-refractivity contribution in [3.8, 4) is 11.4 Å². The number of hydrogen-bond acceptors (Lipinski definition) is 0. The minimum atomic E-state index is -1.51. The Balaban J connectivity index is 0.00000277. The highest BCUT2D eigenvalue weighted by molar-refractivity contribution is 8.32. The summed E-state index contributed by atoms with van der Waals surface area (Å²) in [4.78, 5) is 2.74. The normalized spacial score (nSPS) is 11.9. The number of benzene rings is 10. The van der Waals surface area contributed by atoms with E-state index in [1.165, 1.54) is 96.6 Å². The second kappa shape index (κ2) is 19.1. The number of fused-ring (bicyclic) bond motifs is 6. The minimum absolute atomic E-state index is 0. The number of para-hydroxylation sites is 2. The van der Waals surface area contributed by atoms with Crippen molar-refractivity contribution in [2.24, 2.45) is 0 Å². The number of aromatic nitrogens is 2. The Labute approximate surface area is 407 Å². The summed E-state index contributed by atoms with van der Waals surface area (Å²) in [5, 5.41) is 13.3. The fraction of sp³-hybridized carbons (Fsp3) is 0.0323. The predicted molar refractivity (Wildman–Crippen MR) is 302 cm³/mol. The van der Waals surface area contributed by atoms with Crippen molar-refractivity contribution in [1.82, 2.24) is 9.13 Å². The summed E-state index contributed by atoms with van der Waals surface area (Å²) in [5.74, 6) is 0. The lowest BCUT2D eigenvalue weighted by atomic mass is 10.1. The van der Waals surface area contributed by atoms with Crippen LogP contribution in [0.3, 0.4) is 0 Å². The van der Waals surface area contributed by atoms with E-state index < -0.39 is 25.9 Å². The van der Waals surface area contributed by atoms with Gasteiger partial charge in [0.05, 0.1) is 22.1 Å². The summed E-state index contributed by atoms with van der Waals surface area (Å²) in [6.45, 7) is 0. The Morgan fingerprint density at radius 1 is 0.275 bits per heavy atom. The average molecular weight is 951 g/mol. The van der Waals surface area contributed by atoms with E-state index in [9.17, 15) is 0 Å². The van der Waals surface area contributed by atoms with E-state index in [0.717, 1.165) is 0 Å². The van der Waals surface area contributed by atoms with E-state index in [2.05, 4.69) is 276 Å². The van der Waals surface area contributed by atoms with Gasteiger partial charge in [0.25, 0.3) is 0 Å². The molecule has 0 unspecified atom stereocenters. The molecule has 0 amide bonds. The second-order valence-electron chi connectivity index (χ2n) is 17.4. The van der Waals surface area contributed by atoms with Crippen molar-refractivity contribution < 1.29 is 11.0 Å². The van der Waals surface area contributed by atoms with Gasteiger partial charge in [-0.15, -0.1) is 0 Å². The van der Waals surface area contributed by atoms with Gasteiger partial charge in [0.15, 0.2) is 0 Å². The number of nitrogens with zero attached hydrogens (tertiary/aromatic N) is 2. The van der Waals surface area contributed by atoms with Crippen LogP contribution in [0.5, 0.6) is 0 Å². The van der Waals surface area contributed by atoms with Gasteiger partial charge >= 0.3 is 0 Å². The van der Waals surface area contributed by atoms with Gasteiger partial charge in [-0.3, -0.25) is 0 Å². The maximum atomic E-state index is 2.52. The van der Waals surface area contributed by atoms with Gasteiger partial charge in [-0.05, 0) is 155 Å². The van der Waals surface area contributed by atoms with E-state index in [0.29, 0.717) is 0 Å². The molecule has 338 valence electrons. The van der Waals surface area contributed by atoms with Gasteiger partial charge in [0, 0.05) is 32.9 Å². The molecule has 4 N–H and O–H groups in total. The quantitative estimate of drug-likeness (QED) is 0.123. The number of rotatable bonds is 10. The predicted octanol–water partition coefficient (Wildman–Crippen LogP) is 12.2. The first kappa shape index (κ1) is 45.7. The lowest BCUT2D eigenvalue weighted by Gasteiger charge is -2.32. The van der Waals surface area contributed by atoms with Gasteiger partial charge < -0.3 is 20.1 Å². The fourth-order valence-corrected chi connectivity index (χ4v) is 16.5. The summed E-state index contributed by atoms with van der Waals surface area (Å²) in [6, 6.07) is 95.0. The molecular weight excluding hydrogens is 899 g/mol. The molecule has 12 rings (SSSR count). The summed E-state index contributed by atoms with van der Waals surface area (Å²) >= 11 is 0. The van der Waals surface area contributed by atoms with Crippen LogP contribution in [-0.2, 0) is 0 Å². The minimum Gasteiger partial charge on any atom is -0.412 e. The van der Waals surface area contributed by atoms with Crippen LogP contribution in [0.25, 0.3) is 55.0 Å². The maximum absolute atomic E-state index is 2.52. The Kier molecular flexibility index (Phi) is 12.7. The van der Waals surface area contributed by atoms with Crippen molar-refractivity contribution in [3.63, 3.8) is 0 Å². The molecule has 0 bridgehead atoms. The zero-order chi connectivity index (χ0) is 44.9. The van der Waals surface area contributed by atoms with E-state index in [-0.39, 0.29) is 11.0 Å². The molecule has 2 heterocycles. The second-order valence-corrected chi connectivity index (χ2v) is 25.5. The first-order valence-electron chi connectivity index (χ1n) is 22.8. The van der Waals surface area contributed by atoms with Crippen LogP contribution in [-0.4, -0.2) is 32.6 Å². The molecule has 0 fully saturated rings. The number of hydrogen-bond donors (Lipinski definition) is 0. The molecule has 7 heteroatoms. The van der Waals surface area contributed by atoms with Gasteiger partial charge in [-0.2, -0.15) is 10.0 Å². The van der Waals surface area contributed by atoms with Crippen molar-refractivity contribution >= 4 is 101 Å². The van der Waals surface area contributed by atoms with E-state index >= 15 is 0 Å². The molecule has 0 atom stereocenters. The first-order chi connectivity index (χ1) is 33.0. The van der Waals surface area contributed by atoms with Crippen LogP contribution in [0.15, 0.2) is 265 Å². The largest absolute Gasteiger partial charge is 0.412 e. The van der Waals surface area contributed by atoms with Crippen LogP contribution in [0.1, 0.15) is 0 Å². The van der Waals surface area contributed by atoms with Crippen LogP contribution >= 0.6 is 25.9 Å². The van der Waals surface area contributed by atoms with Crippen LogP contribution < -0.4 is 31.8 Å². The van der Waals surface area contributed by atoms with Crippen LogP contribution in [0.4, 0.5) is 0 Å². The van der Waals surface area contributed by atoms with E-state index in [1.807, 2.05) is 0 Å². The molecule has 0 radical (unpaired) electrons. The molecule has 12 aromatic rings. The third kappa shape index (κ3) is 8.17. The molecule has 4 nitrogen and oxygen atoms in total. The molecule has 0 aliphatic rings. The maximum Gasteiger partial charge on any atom is 0.0541 e. The monoisotopic (exact) mass is 950 g/mol. The molecule has 0 saturated carbocycles. The SMILES string of the molecule is CS(C)(c1ccc2c(c1)c1cc(P(c3ccccc3)c3ccccc3)ccc1n2-c1ccccc1)c1ccc2c(c1)c1cc(P(c3ccccc3)c3ccccc3)ccc1n2-c1ccccc1.O.O. The van der Waals surface area contributed by atoms with E-state index in [1.54, 1.807) is 0 Å². The van der Waals surface area contributed by atoms with Crippen molar-refractivity contribution in [2.75, 3.05) is 12.5 Å². The standard InChI is InChI=1S/C62H48N2P2S.2H2O/c1-67(2,53-35-39-61-57(43-53)55-41-51(33-37-59(55)63(61)45-21-9-3-10-22-45)65(47-25-13-5-14-26-47)48-27-15-6-16-28-48)54-36-40-62-58(44-54)56-42-52(34-38-60(56)64(62)46-23-11-4-12-24-46)66(49-29-17-7-18-30-49)50-31-19-8-20-32-50;;/h3-44H,1-2H3;2*1H2. The molecule has 2 aromatic heterocycles. The van der Waals surface area contributed by atoms with Crippen molar-refractivity contribution in [2.45, 2.75) is 9.79 Å².